The summed E-state index contributed by atoms with van der Waals surface area (Å²) in [5, 5.41) is 8.72. The highest BCUT2D eigenvalue weighted by molar-refractivity contribution is 6.00. The van der Waals surface area contributed by atoms with E-state index in [4.69, 9.17) is 9.62 Å². The maximum absolute atomic E-state index is 13.7. The lowest BCUT2D eigenvalue weighted by molar-refractivity contribution is 0.0696. The zero-order valence-corrected chi connectivity index (χ0v) is 18.2. The molecule has 0 bridgehead atoms. The van der Waals surface area contributed by atoms with E-state index in [1.807, 2.05) is 72.6 Å². The third-order valence-electron chi connectivity index (χ3n) is 5.89. The van der Waals surface area contributed by atoms with Crippen LogP contribution in [0.4, 0.5) is 0 Å². The van der Waals surface area contributed by atoms with Crippen LogP contribution >= 0.6 is 0 Å². The highest BCUT2D eigenvalue weighted by Gasteiger charge is 2.31. The SMILES string of the molecule is Cc1ccc(-n2cc(C(=O)N3CCCC(c4nc(C)no4)C3)c(-c3ccccc3)n2)cc1. The van der Waals surface area contributed by atoms with Crippen molar-refractivity contribution in [1.29, 1.82) is 0 Å². The zero-order valence-electron chi connectivity index (χ0n) is 18.2. The fourth-order valence-electron chi connectivity index (χ4n) is 4.18. The van der Waals surface area contributed by atoms with Crippen LogP contribution in [0.2, 0.25) is 0 Å². The van der Waals surface area contributed by atoms with Gasteiger partial charge in [-0.15, -0.1) is 0 Å². The Hall–Kier alpha value is -3.74. The van der Waals surface area contributed by atoms with Crippen molar-refractivity contribution in [3.8, 4) is 16.9 Å². The normalized spacial score (nSPS) is 16.3. The molecule has 2 aromatic carbocycles. The van der Waals surface area contributed by atoms with Crippen molar-refractivity contribution in [2.45, 2.75) is 32.6 Å². The van der Waals surface area contributed by atoms with Crippen molar-refractivity contribution >= 4 is 5.91 Å². The van der Waals surface area contributed by atoms with E-state index in [2.05, 4.69) is 17.1 Å². The summed E-state index contributed by atoms with van der Waals surface area (Å²) in [7, 11) is 0. The summed E-state index contributed by atoms with van der Waals surface area (Å²) in [5.41, 5.74) is 4.30. The van der Waals surface area contributed by atoms with Gasteiger partial charge in [0.25, 0.3) is 5.91 Å². The number of amides is 1. The molecule has 1 unspecified atom stereocenters. The number of carbonyl (C=O) groups is 1. The van der Waals surface area contributed by atoms with Gasteiger partial charge >= 0.3 is 0 Å². The van der Waals surface area contributed by atoms with Gasteiger partial charge in [0.05, 0.1) is 17.2 Å². The summed E-state index contributed by atoms with van der Waals surface area (Å²) in [5.74, 6) is 1.26. The van der Waals surface area contributed by atoms with E-state index in [9.17, 15) is 4.79 Å². The number of aromatic nitrogens is 4. The predicted molar refractivity (Wildman–Crippen MR) is 121 cm³/mol. The average Bonchev–Trinajstić information content (AvgIpc) is 3.47. The van der Waals surface area contributed by atoms with E-state index in [-0.39, 0.29) is 11.8 Å². The molecule has 1 aliphatic heterocycles. The molecule has 1 fully saturated rings. The molecular formula is C25H25N5O2. The zero-order chi connectivity index (χ0) is 22.1. The van der Waals surface area contributed by atoms with Gasteiger partial charge in [0.2, 0.25) is 5.89 Å². The number of rotatable bonds is 4. The second-order valence-corrected chi connectivity index (χ2v) is 8.31. The molecule has 0 saturated carbocycles. The molecule has 1 atom stereocenters. The second-order valence-electron chi connectivity index (χ2n) is 8.31. The van der Waals surface area contributed by atoms with E-state index in [1.165, 1.54) is 5.56 Å². The minimum atomic E-state index is -0.0249. The Kier molecular flexibility index (Phi) is 5.31. The molecule has 7 heteroatoms. The van der Waals surface area contributed by atoms with E-state index < -0.39 is 0 Å². The van der Waals surface area contributed by atoms with Gasteiger partial charge in [-0.05, 0) is 38.8 Å². The number of hydrogen-bond donors (Lipinski definition) is 0. The fourth-order valence-corrected chi connectivity index (χ4v) is 4.18. The third-order valence-corrected chi connectivity index (χ3v) is 5.89. The lowest BCUT2D eigenvalue weighted by Crippen LogP contribution is -2.39. The number of benzene rings is 2. The maximum Gasteiger partial charge on any atom is 0.257 e. The summed E-state index contributed by atoms with van der Waals surface area (Å²) in [6.45, 7) is 5.12. The van der Waals surface area contributed by atoms with Crippen LogP contribution in [-0.4, -0.2) is 43.8 Å². The van der Waals surface area contributed by atoms with E-state index in [0.29, 0.717) is 36.1 Å². The summed E-state index contributed by atoms with van der Waals surface area (Å²) in [6, 6.07) is 18.0. The first-order valence-electron chi connectivity index (χ1n) is 10.9. The molecule has 32 heavy (non-hydrogen) atoms. The number of likely N-dealkylation sites (tertiary alicyclic amines) is 1. The first-order chi connectivity index (χ1) is 15.6. The van der Waals surface area contributed by atoms with Gasteiger partial charge < -0.3 is 9.42 Å². The lowest BCUT2D eigenvalue weighted by Gasteiger charge is -2.31. The van der Waals surface area contributed by atoms with Crippen LogP contribution in [0, 0.1) is 13.8 Å². The molecule has 1 amide bonds. The Balaban J connectivity index is 1.49. The Morgan fingerprint density at radius 2 is 1.84 bits per heavy atom. The Morgan fingerprint density at radius 3 is 2.56 bits per heavy atom. The van der Waals surface area contributed by atoms with Crippen molar-refractivity contribution in [2.24, 2.45) is 0 Å². The van der Waals surface area contributed by atoms with Crippen LogP contribution in [0.15, 0.2) is 65.3 Å². The highest BCUT2D eigenvalue weighted by Crippen LogP contribution is 2.30. The van der Waals surface area contributed by atoms with Crippen LogP contribution in [-0.2, 0) is 0 Å². The van der Waals surface area contributed by atoms with Crippen LogP contribution in [0.25, 0.3) is 16.9 Å². The van der Waals surface area contributed by atoms with E-state index >= 15 is 0 Å². The first kappa shape index (κ1) is 20.2. The van der Waals surface area contributed by atoms with Crippen molar-refractivity contribution in [3.63, 3.8) is 0 Å². The Labute approximate surface area is 186 Å². The van der Waals surface area contributed by atoms with Crippen molar-refractivity contribution < 1.29 is 9.32 Å². The monoisotopic (exact) mass is 427 g/mol. The molecule has 162 valence electrons. The molecule has 2 aromatic heterocycles. The Bertz CT molecular complexity index is 1230. The molecular weight excluding hydrogens is 402 g/mol. The molecule has 7 nitrogen and oxygen atoms in total. The topological polar surface area (TPSA) is 77.0 Å². The molecule has 4 aromatic rings. The number of piperidine rings is 1. The molecule has 3 heterocycles. The molecule has 0 N–H and O–H groups in total. The third kappa shape index (κ3) is 3.93. The largest absolute Gasteiger partial charge is 0.339 e. The first-order valence-corrected chi connectivity index (χ1v) is 10.9. The van der Waals surface area contributed by atoms with Gasteiger partial charge in [-0.1, -0.05) is 53.2 Å². The van der Waals surface area contributed by atoms with Gasteiger partial charge in [-0.3, -0.25) is 4.79 Å². The average molecular weight is 428 g/mol. The van der Waals surface area contributed by atoms with Gasteiger partial charge in [-0.2, -0.15) is 10.1 Å². The highest BCUT2D eigenvalue weighted by atomic mass is 16.5. The summed E-state index contributed by atoms with van der Waals surface area (Å²) < 4.78 is 7.18. The molecule has 1 saturated heterocycles. The molecule has 1 aliphatic rings. The summed E-state index contributed by atoms with van der Waals surface area (Å²) in [6.07, 6.45) is 3.67. The van der Waals surface area contributed by atoms with Crippen LogP contribution in [0.5, 0.6) is 0 Å². The van der Waals surface area contributed by atoms with Gasteiger partial charge in [-0.25, -0.2) is 4.68 Å². The van der Waals surface area contributed by atoms with Crippen LogP contribution in [0.3, 0.4) is 0 Å². The predicted octanol–water partition coefficient (Wildman–Crippen LogP) is 4.56. The minimum Gasteiger partial charge on any atom is -0.339 e. The molecule has 5 rings (SSSR count). The standard InChI is InChI=1S/C25H25N5O2/c1-17-10-12-21(13-11-17)30-16-22(23(27-30)19-7-4-3-5-8-19)25(31)29-14-6-9-20(15-29)24-26-18(2)28-32-24/h3-5,7-8,10-13,16,20H,6,9,14-15H2,1-2H3. The second kappa shape index (κ2) is 8.42. The number of hydrogen-bond acceptors (Lipinski definition) is 5. The lowest BCUT2D eigenvalue weighted by atomic mass is 9.97. The summed E-state index contributed by atoms with van der Waals surface area (Å²) >= 11 is 0. The van der Waals surface area contributed by atoms with Crippen molar-refractivity contribution in [1.82, 2.24) is 24.8 Å². The molecule has 0 spiro atoms. The van der Waals surface area contributed by atoms with Crippen molar-refractivity contribution in [2.75, 3.05) is 13.1 Å². The number of nitrogens with zero attached hydrogens (tertiary/aromatic N) is 5. The van der Waals surface area contributed by atoms with Gasteiger partial charge in [0.15, 0.2) is 5.82 Å². The summed E-state index contributed by atoms with van der Waals surface area (Å²) in [4.78, 5) is 20.0. The van der Waals surface area contributed by atoms with E-state index in [0.717, 1.165) is 24.1 Å². The molecule has 0 radical (unpaired) electrons. The van der Waals surface area contributed by atoms with E-state index in [1.54, 1.807) is 4.68 Å². The quantitative estimate of drug-likeness (QED) is 0.477. The minimum absolute atomic E-state index is 0.0249. The number of aryl methyl sites for hydroxylation is 2. The van der Waals surface area contributed by atoms with Crippen LogP contribution in [0.1, 0.15) is 46.4 Å². The molecule has 0 aliphatic carbocycles. The van der Waals surface area contributed by atoms with Crippen molar-refractivity contribution in [3.05, 3.63) is 83.6 Å². The van der Waals surface area contributed by atoms with Crippen LogP contribution < -0.4 is 0 Å². The Morgan fingerprint density at radius 1 is 1.06 bits per heavy atom. The smallest absolute Gasteiger partial charge is 0.257 e. The number of carbonyl (C=O) groups excluding carboxylic acids is 1. The van der Waals surface area contributed by atoms with Gasteiger partial charge in [0, 0.05) is 24.8 Å². The van der Waals surface area contributed by atoms with Gasteiger partial charge in [0.1, 0.15) is 5.69 Å². The fraction of sp³-hybridized carbons (Fsp3) is 0.280. The maximum atomic E-state index is 13.7.